The first-order valence-corrected chi connectivity index (χ1v) is 9.84. The Bertz CT molecular complexity index is 417. The van der Waals surface area contributed by atoms with Crippen molar-refractivity contribution in [3.05, 3.63) is 0 Å². The quantitative estimate of drug-likeness (QED) is 0.527. The van der Waals surface area contributed by atoms with Gasteiger partial charge in [0.25, 0.3) is 0 Å². The summed E-state index contributed by atoms with van der Waals surface area (Å²) in [7, 11) is -1.16. The van der Waals surface area contributed by atoms with Crippen LogP contribution in [0.1, 0.15) is 32.6 Å². The molecular formula is C14H30N4O2S. The van der Waals surface area contributed by atoms with E-state index in [-0.39, 0.29) is 11.8 Å². The Morgan fingerprint density at radius 1 is 1.29 bits per heavy atom. The molecule has 1 rings (SSSR count). The van der Waals surface area contributed by atoms with E-state index in [2.05, 4.69) is 20.5 Å². The molecule has 1 fully saturated rings. The monoisotopic (exact) mass is 318 g/mol. The van der Waals surface area contributed by atoms with Gasteiger partial charge in [-0.25, -0.2) is 8.42 Å². The molecule has 2 N–H and O–H groups in total. The highest BCUT2D eigenvalue weighted by Crippen LogP contribution is 2.07. The fraction of sp³-hybridized carbons (Fsp3) is 0.929. The second kappa shape index (κ2) is 9.25. The van der Waals surface area contributed by atoms with E-state index in [0.717, 1.165) is 19.0 Å². The normalized spacial score (nSPS) is 19.3. The number of hydrogen-bond donors (Lipinski definition) is 2. The molecule has 21 heavy (non-hydrogen) atoms. The number of nitrogens with zero attached hydrogens (tertiary/aromatic N) is 2. The van der Waals surface area contributed by atoms with Crippen molar-refractivity contribution in [1.82, 2.24) is 15.5 Å². The Hall–Kier alpha value is -0.820. The zero-order valence-corrected chi connectivity index (χ0v) is 14.4. The molecule has 0 aromatic rings. The molecular weight excluding hydrogens is 288 g/mol. The maximum Gasteiger partial charge on any atom is 0.191 e. The van der Waals surface area contributed by atoms with Crippen LogP contribution in [0.5, 0.6) is 0 Å². The summed E-state index contributed by atoms with van der Waals surface area (Å²) in [5, 5.41) is 6.53. The lowest BCUT2D eigenvalue weighted by Gasteiger charge is -2.27. The van der Waals surface area contributed by atoms with Crippen molar-refractivity contribution in [2.24, 2.45) is 4.99 Å². The van der Waals surface area contributed by atoms with E-state index >= 15 is 0 Å². The Kier molecular flexibility index (Phi) is 8.03. The number of guanidine groups is 1. The smallest absolute Gasteiger partial charge is 0.191 e. The van der Waals surface area contributed by atoms with Gasteiger partial charge >= 0.3 is 0 Å². The van der Waals surface area contributed by atoms with Gasteiger partial charge in [-0.1, -0.05) is 6.42 Å². The van der Waals surface area contributed by atoms with E-state index in [1.807, 2.05) is 6.92 Å². The zero-order chi connectivity index (χ0) is 15.7. The summed E-state index contributed by atoms with van der Waals surface area (Å²) >= 11 is 0. The summed E-state index contributed by atoms with van der Waals surface area (Å²) in [5.41, 5.74) is 0. The molecule has 1 aliphatic heterocycles. The lowest BCUT2D eigenvalue weighted by molar-refractivity contribution is 0.232. The van der Waals surface area contributed by atoms with E-state index in [9.17, 15) is 8.42 Å². The van der Waals surface area contributed by atoms with Crippen LogP contribution in [0.2, 0.25) is 0 Å². The van der Waals surface area contributed by atoms with Crippen molar-refractivity contribution in [3.63, 3.8) is 0 Å². The average Bonchev–Trinajstić information content (AvgIpc) is 2.44. The lowest BCUT2D eigenvalue weighted by Crippen LogP contribution is -2.45. The Labute approximate surface area is 129 Å². The number of aliphatic imine (C=N–C) groups is 1. The molecule has 124 valence electrons. The molecule has 7 heteroatoms. The molecule has 1 heterocycles. The highest BCUT2D eigenvalue weighted by Gasteiger charge is 2.11. The van der Waals surface area contributed by atoms with E-state index in [4.69, 9.17) is 0 Å². The van der Waals surface area contributed by atoms with Gasteiger partial charge in [-0.05, 0) is 39.3 Å². The minimum absolute atomic E-state index is 0.0842. The van der Waals surface area contributed by atoms with Crippen molar-refractivity contribution in [1.29, 1.82) is 0 Å². The van der Waals surface area contributed by atoms with Crippen LogP contribution in [0.4, 0.5) is 0 Å². The summed E-state index contributed by atoms with van der Waals surface area (Å²) in [6.45, 7) is 6.25. The minimum atomic E-state index is -2.90. The molecule has 0 spiro atoms. The molecule has 0 aliphatic carbocycles. The van der Waals surface area contributed by atoms with Crippen molar-refractivity contribution in [2.45, 2.75) is 38.6 Å². The van der Waals surface area contributed by atoms with Gasteiger partial charge in [0.15, 0.2) is 5.96 Å². The summed E-state index contributed by atoms with van der Waals surface area (Å²) in [5.74, 6) is 0.944. The molecule has 6 nitrogen and oxygen atoms in total. The first-order valence-electron chi connectivity index (χ1n) is 7.78. The molecule has 0 aromatic carbocycles. The second-order valence-electron chi connectivity index (χ2n) is 5.87. The third-order valence-corrected chi connectivity index (χ3v) is 4.67. The number of piperidine rings is 1. The van der Waals surface area contributed by atoms with Gasteiger partial charge in [0.1, 0.15) is 9.84 Å². The fourth-order valence-corrected chi connectivity index (χ4v) is 3.19. The molecule has 1 atom stereocenters. The maximum atomic E-state index is 11.2. The van der Waals surface area contributed by atoms with Crippen molar-refractivity contribution in [2.75, 3.05) is 45.2 Å². The van der Waals surface area contributed by atoms with Crippen LogP contribution in [0.25, 0.3) is 0 Å². The van der Waals surface area contributed by atoms with Gasteiger partial charge in [-0.2, -0.15) is 0 Å². The van der Waals surface area contributed by atoms with E-state index in [1.54, 1.807) is 7.05 Å². The van der Waals surface area contributed by atoms with Gasteiger partial charge in [0, 0.05) is 32.4 Å². The minimum Gasteiger partial charge on any atom is -0.355 e. The molecule has 1 aliphatic rings. The standard InChI is InChI=1S/C14H30N4O2S/c1-13(7-12-21(3,19)20)17-14(15-2)16-8-11-18-9-5-4-6-10-18/h13H,4-12H2,1-3H3,(H2,15,16,17). The van der Waals surface area contributed by atoms with Crippen molar-refractivity contribution >= 4 is 15.8 Å². The summed E-state index contributed by atoms with van der Waals surface area (Å²) in [6.07, 6.45) is 5.81. The number of rotatable bonds is 7. The van der Waals surface area contributed by atoms with Crippen LogP contribution in [0.3, 0.4) is 0 Å². The van der Waals surface area contributed by atoms with Crippen LogP contribution in [0, 0.1) is 0 Å². The van der Waals surface area contributed by atoms with Crippen molar-refractivity contribution in [3.8, 4) is 0 Å². The SMILES string of the molecule is CN=C(NCCN1CCCCC1)NC(C)CCS(C)(=O)=O. The molecule has 1 saturated heterocycles. The van der Waals surface area contributed by atoms with E-state index < -0.39 is 9.84 Å². The number of nitrogens with one attached hydrogen (secondary N) is 2. The largest absolute Gasteiger partial charge is 0.355 e. The number of hydrogen-bond acceptors (Lipinski definition) is 4. The Morgan fingerprint density at radius 3 is 2.52 bits per heavy atom. The van der Waals surface area contributed by atoms with Crippen LogP contribution in [0.15, 0.2) is 4.99 Å². The number of sulfone groups is 1. The van der Waals surface area contributed by atoms with E-state index in [0.29, 0.717) is 6.42 Å². The Morgan fingerprint density at radius 2 is 1.95 bits per heavy atom. The Balaban J connectivity index is 2.21. The molecule has 0 aromatic heterocycles. The molecule has 0 bridgehead atoms. The summed E-state index contributed by atoms with van der Waals surface area (Å²) in [4.78, 5) is 6.65. The van der Waals surface area contributed by atoms with E-state index in [1.165, 1.54) is 38.6 Å². The molecule has 1 unspecified atom stereocenters. The average molecular weight is 318 g/mol. The maximum absolute atomic E-state index is 11.2. The third kappa shape index (κ3) is 8.93. The van der Waals surface area contributed by atoms with Crippen LogP contribution >= 0.6 is 0 Å². The topological polar surface area (TPSA) is 73.8 Å². The predicted octanol–water partition coefficient (Wildman–Crippen LogP) is 0.461. The van der Waals surface area contributed by atoms with Crippen LogP contribution in [-0.2, 0) is 9.84 Å². The van der Waals surface area contributed by atoms with Crippen molar-refractivity contribution < 1.29 is 8.42 Å². The van der Waals surface area contributed by atoms with Gasteiger partial charge in [-0.15, -0.1) is 0 Å². The highest BCUT2D eigenvalue weighted by atomic mass is 32.2. The lowest BCUT2D eigenvalue weighted by atomic mass is 10.1. The van der Waals surface area contributed by atoms with Gasteiger partial charge in [0.2, 0.25) is 0 Å². The third-order valence-electron chi connectivity index (χ3n) is 3.70. The highest BCUT2D eigenvalue weighted by molar-refractivity contribution is 7.90. The summed E-state index contributed by atoms with van der Waals surface area (Å²) < 4.78 is 22.3. The zero-order valence-electron chi connectivity index (χ0n) is 13.6. The second-order valence-corrected chi connectivity index (χ2v) is 8.12. The predicted molar refractivity (Wildman–Crippen MR) is 88.6 cm³/mol. The number of likely N-dealkylation sites (tertiary alicyclic amines) is 1. The molecule has 0 saturated carbocycles. The van der Waals surface area contributed by atoms with Gasteiger partial charge in [0.05, 0.1) is 5.75 Å². The van der Waals surface area contributed by atoms with Gasteiger partial charge < -0.3 is 15.5 Å². The molecule has 0 amide bonds. The van der Waals surface area contributed by atoms with Gasteiger partial charge in [-0.3, -0.25) is 4.99 Å². The van der Waals surface area contributed by atoms with Crippen LogP contribution < -0.4 is 10.6 Å². The summed E-state index contributed by atoms with van der Waals surface area (Å²) in [6, 6.07) is 0.0842. The molecule has 0 radical (unpaired) electrons. The first-order chi connectivity index (χ1) is 9.90. The van der Waals surface area contributed by atoms with Crippen LogP contribution in [-0.4, -0.2) is 70.6 Å². The fourth-order valence-electron chi connectivity index (χ4n) is 2.41. The first kappa shape index (κ1) is 18.2.